The Bertz CT molecular complexity index is 593. The summed E-state index contributed by atoms with van der Waals surface area (Å²) in [6, 6.07) is 6.68. The molecule has 3 rings (SSSR count). The third kappa shape index (κ3) is 2.31. The van der Waals surface area contributed by atoms with E-state index in [1.807, 2.05) is 0 Å². The van der Waals surface area contributed by atoms with E-state index < -0.39 is 9.05 Å². The van der Waals surface area contributed by atoms with E-state index in [4.69, 9.17) is 15.5 Å². The Labute approximate surface area is 109 Å². The zero-order chi connectivity index (χ0) is 12.8. The van der Waals surface area contributed by atoms with Gasteiger partial charge in [0.2, 0.25) is 0 Å². The summed E-state index contributed by atoms with van der Waals surface area (Å²) in [5.74, 6) is 0.667. The summed E-state index contributed by atoms with van der Waals surface area (Å²) >= 11 is 0. The minimum Gasteiger partial charge on any atom is -0.384 e. The molecule has 7 heteroatoms. The molecule has 2 aliphatic rings. The average Bonchev–Trinajstić information content (AvgIpc) is 3.06. The lowest BCUT2D eigenvalue weighted by molar-refractivity contribution is -0.109. The molecule has 96 valence electrons. The second-order valence-corrected chi connectivity index (χ2v) is 6.81. The maximum Gasteiger partial charge on any atom is 0.261 e. The van der Waals surface area contributed by atoms with Gasteiger partial charge < -0.3 is 4.84 Å². The fourth-order valence-electron chi connectivity index (χ4n) is 1.69. The highest BCUT2D eigenvalue weighted by molar-refractivity contribution is 8.13. The first-order chi connectivity index (χ1) is 8.54. The molecule has 0 radical (unpaired) electrons. The first kappa shape index (κ1) is 11.8. The maximum atomic E-state index is 11.1. The van der Waals surface area contributed by atoms with Crippen molar-refractivity contribution < 1.29 is 13.3 Å². The van der Waals surface area contributed by atoms with Crippen LogP contribution in [0.3, 0.4) is 0 Å². The molecule has 1 heterocycles. The molecule has 0 atom stereocenters. The predicted octanol–water partition coefficient (Wildman–Crippen LogP) is 1.83. The molecule has 1 fully saturated rings. The van der Waals surface area contributed by atoms with Crippen molar-refractivity contribution in [2.75, 3.05) is 0 Å². The summed E-state index contributed by atoms with van der Waals surface area (Å²) in [6.45, 7) is 0. The van der Waals surface area contributed by atoms with Gasteiger partial charge >= 0.3 is 0 Å². The molecule has 1 aromatic rings. The van der Waals surface area contributed by atoms with E-state index in [0.29, 0.717) is 11.8 Å². The van der Waals surface area contributed by atoms with Crippen LogP contribution in [-0.2, 0) is 13.9 Å². The summed E-state index contributed by atoms with van der Waals surface area (Å²) in [5.41, 5.74) is 3.82. The van der Waals surface area contributed by atoms with E-state index in [-0.39, 0.29) is 4.90 Å². The number of nitrogens with zero attached hydrogens (tertiary/aromatic N) is 1. The van der Waals surface area contributed by atoms with Gasteiger partial charge in [-0.25, -0.2) is 8.42 Å². The van der Waals surface area contributed by atoms with Gasteiger partial charge in [0.25, 0.3) is 9.05 Å². The molecule has 1 aromatic carbocycles. The molecule has 0 bridgehead atoms. The van der Waals surface area contributed by atoms with Crippen molar-refractivity contribution in [1.82, 2.24) is 10.6 Å². The third-order valence-corrected chi connectivity index (χ3v) is 4.19. The van der Waals surface area contributed by atoms with Crippen molar-refractivity contribution in [3.05, 3.63) is 36.0 Å². The number of hydrazine groups is 1. The highest BCUT2D eigenvalue weighted by atomic mass is 35.7. The predicted molar refractivity (Wildman–Crippen MR) is 66.5 cm³/mol. The van der Waals surface area contributed by atoms with Gasteiger partial charge in [-0.3, -0.25) is 5.43 Å². The summed E-state index contributed by atoms with van der Waals surface area (Å²) in [4.78, 5) is 5.68. The Morgan fingerprint density at radius 1 is 1.28 bits per heavy atom. The fourth-order valence-corrected chi connectivity index (χ4v) is 2.46. The van der Waals surface area contributed by atoms with Gasteiger partial charge in [0.05, 0.1) is 17.1 Å². The number of rotatable bonds is 3. The van der Waals surface area contributed by atoms with Crippen molar-refractivity contribution in [3.8, 4) is 0 Å². The molecule has 0 amide bonds. The van der Waals surface area contributed by atoms with Gasteiger partial charge in [-0.05, 0) is 37.1 Å². The lowest BCUT2D eigenvalue weighted by Gasteiger charge is -2.14. The smallest absolute Gasteiger partial charge is 0.261 e. The number of hydrogen-bond acceptors (Lipinski definition) is 5. The molecule has 1 N–H and O–H groups in total. The second kappa shape index (κ2) is 4.15. The van der Waals surface area contributed by atoms with Crippen LogP contribution in [-0.4, -0.2) is 19.6 Å². The van der Waals surface area contributed by atoms with Crippen LogP contribution in [0.5, 0.6) is 0 Å². The SMILES string of the molecule is O=S(=O)(Cl)c1ccc(C2=CNN(C3CC3)O2)cc1. The van der Waals surface area contributed by atoms with Crippen molar-refractivity contribution >= 4 is 25.5 Å². The number of hydroxylamine groups is 1. The highest BCUT2D eigenvalue weighted by Gasteiger charge is 2.34. The van der Waals surface area contributed by atoms with Crippen LogP contribution < -0.4 is 5.43 Å². The maximum absolute atomic E-state index is 11.1. The monoisotopic (exact) mass is 286 g/mol. The number of benzene rings is 1. The van der Waals surface area contributed by atoms with Crippen molar-refractivity contribution in [2.45, 2.75) is 23.8 Å². The molecule has 0 spiro atoms. The summed E-state index contributed by atoms with van der Waals surface area (Å²) in [5, 5.41) is 1.71. The van der Waals surface area contributed by atoms with E-state index in [2.05, 4.69) is 5.43 Å². The van der Waals surface area contributed by atoms with E-state index in [1.54, 1.807) is 23.5 Å². The van der Waals surface area contributed by atoms with Crippen molar-refractivity contribution in [1.29, 1.82) is 0 Å². The first-order valence-electron chi connectivity index (χ1n) is 5.53. The molecular weight excluding hydrogens is 276 g/mol. The van der Waals surface area contributed by atoms with Gasteiger partial charge in [0.15, 0.2) is 5.76 Å². The molecule has 5 nitrogen and oxygen atoms in total. The lowest BCUT2D eigenvalue weighted by atomic mass is 10.2. The summed E-state index contributed by atoms with van der Waals surface area (Å²) in [7, 11) is 1.58. The summed E-state index contributed by atoms with van der Waals surface area (Å²) < 4.78 is 22.2. The number of halogens is 1. The Morgan fingerprint density at radius 3 is 2.50 bits per heavy atom. The van der Waals surface area contributed by atoms with Gasteiger partial charge in [0.1, 0.15) is 0 Å². The van der Waals surface area contributed by atoms with E-state index in [9.17, 15) is 8.42 Å². The van der Waals surface area contributed by atoms with Crippen LogP contribution in [0.4, 0.5) is 0 Å². The van der Waals surface area contributed by atoms with Crippen LogP contribution in [0, 0.1) is 0 Å². The number of hydrogen-bond donors (Lipinski definition) is 1. The Balaban J connectivity index is 1.77. The first-order valence-corrected chi connectivity index (χ1v) is 7.83. The van der Waals surface area contributed by atoms with Crippen molar-refractivity contribution in [3.63, 3.8) is 0 Å². The van der Waals surface area contributed by atoms with Gasteiger partial charge in [-0.15, -0.1) is 0 Å². The van der Waals surface area contributed by atoms with Crippen LogP contribution in [0.25, 0.3) is 5.76 Å². The second-order valence-electron chi connectivity index (χ2n) is 4.25. The third-order valence-electron chi connectivity index (χ3n) is 2.82. The van der Waals surface area contributed by atoms with E-state index in [1.165, 1.54) is 12.1 Å². The summed E-state index contributed by atoms with van der Waals surface area (Å²) in [6.07, 6.45) is 4.00. The zero-order valence-electron chi connectivity index (χ0n) is 9.34. The molecule has 0 saturated heterocycles. The average molecular weight is 287 g/mol. The largest absolute Gasteiger partial charge is 0.384 e. The standard InChI is InChI=1S/C11H11ClN2O3S/c12-18(15,16)10-5-1-8(2-6-10)11-7-13-14(17-11)9-3-4-9/h1-2,5-7,9,13H,3-4H2. The fraction of sp³-hybridized carbons (Fsp3) is 0.273. The van der Waals surface area contributed by atoms with Crippen LogP contribution in [0.1, 0.15) is 18.4 Å². The van der Waals surface area contributed by atoms with Crippen LogP contribution >= 0.6 is 10.7 Å². The van der Waals surface area contributed by atoms with Gasteiger partial charge in [0, 0.05) is 16.2 Å². The molecule has 1 aliphatic carbocycles. The van der Waals surface area contributed by atoms with Gasteiger partial charge in [-0.2, -0.15) is 0 Å². The topological polar surface area (TPSA) is 58.6 Å². The zero-order valence-corrected chi connectivity index (χ0v) is 10.9. The number of nitrogens with one attached hydrogen (secondary N) is 1. The Hall–Kier alpha value is -1.24. The molecule has 0 unspecified atom stereocenters. The molecule has 1 aliphatic heterocycles. The van der Waals surface area contributed by atoms with Crippen molar-refractivity contribution in [2.24, 2.45) is 0 Å². The Morgan fingerprint density at radius 2 is 1.94 bits per heavy atom. The molecule has 18 heavy (non-hydrogen) atoms. The Kier molecular flexibility index (Phi) is 2.73. The highest BCUT2D eigenvalue weighted by Crippen LogP contribution is 2.31. The van der Waals surface area contributed by atoms with E-state index in [0.717, 1.165) is 18.4 Å². The van der Waals surface area contributed by atoms with Gasteiger partial charge in [-0.1, -0.05) is 5.17 Å². The molecular formula is C11H11ClN2O3S. The molecule has 0 aromatic heterocycles. The minimum atomic E-state index is -3.67. The molecule has 1 saturated carbocycles. The van der Waals surface area contributed by atoms with E-state index >= 15 is 0 Å². The minimum absolute atomic E-state index is 0.0820. The van der Waals surface area contributed by atoms with Crippen LogP contribution in [0.2, 0.25) is 0 Å². The van der Waals surface area contributed by atoms with Crippen LogP contribution in [0.15, 0.2) is 35.4 Å². The quantitative estimate of drug-likeness (QED) is 0.859. The normalized spacial score (nSPS) is 20.2. The lowest BCUT2D eigenvalue weighted by Crippen LogP contribution is -2.30.